The highest BCUT2D eigenvalue weighted by molar-refractivity contribution is 5.83. The Bertz CT molecular complexity index is 1330. The number of rotatable bonds is 20. The molecule has 53 heavy (non-hydrogen) atoms. The number of primary amides is 1. The summed E-state index contributed by atoms with van der Waals surface area (Å²) < 4.78 is 39.0. The molecule has 0 radical (unpaired) electrons. The molecule has 3 N–H and O–H groups in total. The average molecular weight is 751 g/mol. The summed E-state index contributed by atoms with van der Waals surface area (Å²) in [5.41, 5.74) is 5.67. The number of nitrogens with two attached hydrogens (primary N) is 1. The van der Waals surface area contributed by atoms with Crippen molar-refractivity contribution >= 4 is 24.0 Å². The first-order valence-electron chi connectivity index (χ1n) is 18.6. The van der Waals surface area contributed by atoms with Gasteiger partial charge >= 0.3 is 12.2 Å². The lowest BCUT2D eigenvalue weighted by molar-refractivity contribution is -0.130. The Labute approximate surface area is 314 Å². The number of nitrogens with one attached hydrogen (secondary N) is 1. The van der Waals surface area contributed by atoms with Gasteiger partial charge in [0.1, 0.15) is 6.73 Å². The van der Waals surface area contributed by atoms with E-state index >= 15 is 0 Å². The standard InChI is InChI=1S/C38H62N4O11/c1-25(2)28(18-27-10-11-31(48-8)33(19-27)50-15-9-14-47-7)20-30-32(21-29(26(3)4)34(43)40-22-38(5,6)35(39)44)51-23-42(30)37(46)53-24-52-36(45)41-12-16-49-17-13-41/h10-11,19,25-26,28-30,32H,9,12-18,20-24H2,1-8H3,(H2,39,44)(H,40,43)/t28-,29-,30-,32-/m0/s1. The van der Waals surface area contributed by atoms with E-state index in [1.165, 1.54) is 9.80 Å². The number of hydrogen-bond donors (Lipinski definition) is 2. The van der Waals surface area contributed by atoms with Crippen molar-refractivity contribution in [2.75, 3.05) is 73.8 Å². The van der Waals surface area contributed by atoms with Crippen LogP contribution in [0.1, 0.15) is 66.4 Å². The first kappa shape index (κ1) is 43.6. The fourth-order valence-electron chi connectivity index (χ4n) is 6.34. The largest absolute Gasteiger partial charge is 0.493 e. The number of carbonyl (C=O) groups is 4. The van der Waals surface area contributed by atoms with Crippen LogP contribution < -0.4 is 20.5 Å². The molecule has 0 spiro atoms. The lowest BCUT2D eigenvalue weighted by atomic mass is 9.80. The molecule has 2 heterocycles. The number of benzene rings is 1. The number of methoxy groups -OCH3 is 2. The summed E-state index contributed by atoms with van der Waals surface area (Å²) >= 11 is 0. The topological polar surface area (TPSA) is 177 Å². The maximum absolute atomic E-state index is 13.6. The van der Waals surface area contributed by atoms with Crippen molar-refractivity contribution < 1.29 is 52.3 Å². The Hall–Kier alpha value is -3.82. The molecule has 15 heteroatoms. The van der Waals surface area contributed by atoms with Crippen molar-refractivity contribution in [1.29, 1.82) is 0 Å². The fourth-order valence-corrected chi connectivity index (χ4v) is 6.34. The van der Waals surface area contributed by atoms with E-state index in [0.717, 1.165) is 12.0 Å². The Balaban J connectivity index is 1.82. The molecule has 3 rings (SSSR count). The van der Waals surface area contributed by atoms with E-state index in [1.54, 1.807) is 28.1 Å². The van der Waals surface area contributed by atoms with Gasteiger partial charge < -0.3 is 49.1 Å². The molecular formula is C38H62N4O11. The zero-order chi connectivity index (χ0) is 39.1. The second-order valence-electron chi connectivity index (χ2n) is 15.1. The van der Waals surface area contributed by atoms with Gasteiger partial charge in [0.05, 0.1) is 44.5 Å². The molecule has 4 amide bonds. The van der Waals surface area contributed by atoms with Gasteiger partial charge in [-0.15, -0.1) is 0 Å². The van der Waals surface area contributed by atoms with Crippen molar-refractivity contribution in [2.24, 2.45) is 34.8 Å². The third-order valence-corrected chi connectivity index (χ3v) is 10.1. The van der Waals surface area contributed by atoms with E-state index in [9.17, 15) is 19.2 Å². The van der Waals surface area contributed by atoms with Gasteiger partial charge in [0.15, 0.2) is 11.5 Å². The van der Waals surface area contributed by atoms with Crippen LogP contribution in [0.2, 0.25) is 0 Å². The van der Waals surface area contributed by atoms with Gasteiger partial charge in [-0.25, -0.2) is 9.59 Å². The van der Waals surface area contributed by atoms with E-state index in [1.807, 2.05) is 32.0 Å². The Morgan fingerprint density at radius 1 is 0.962 bits per heavy atom. The third-order valence-electron chi connectivity index (χ3n) is 10.1. The summed E-state index contributed by atoms with van der Waals surface area (Å²) in [6.07, 6.45) is 0.515. The van der Waals surface area contributed by atoms with Gasteiger partial charge in [-0.1, -0.05) is 33.8 Å². The lowest BCUT2D eigenvalue weighted by Crippen LogP contribution is -2.47. The van der Waals surface area contributed by atoms with Gasteiger partial charge in [-0.3, -0.25) is 14.5 Å². The van der Waals surface area contributed by atoms with Gasteiger partial charge in [-0.2, -0.15) is 0 Å². The zero-order valence-corrected chi connectivity index (χ0v) is 32.9. The Morgan fingerprint density at radius 3 is 2.28 bits per heavy atom. The molecule has 2 aliphatic rings. The molecule has 15 nitrogen and oxygen atoms in total. The normalized spacial score (nSPS) is 18.8. The molecule has 2 fully saturated rings. The second-order valence-corrected chi connectivity index (χ2v) is 15.1. The molecule has 1 aromatic rings. The predicted octanol–water partition coefficient (Wildman–Crippen LogP) is 4.20. The van der Waals surface area contributed by atoms with Crippen LogP contribution in [0.4, 0.5) is 9.59 Å². The van der Waals surface area contributed by atoms with E-state index in [4.69, 9.17) is 38.9 Å². The third kappa shape index (κ3) is 13.2. The zero-order valence-electron chi connectivity index (χ0n) is 32.9. The van der Waals surface area contributed by atoms with Crippen LogP contribution in [0.25, 0.3) is 0 Å². The van der Waals surface area contributed by atoms with Gasteiger partial charge in [0.2, 0.25) is 18.6 Å². The molecule has 0 aliphatic carbocycles. The molecule has 0 bridgehead atoms. The van der Waals surface area contributed by atoms with Crippen molar-refractivity contribution in [3.05, 3.63) is 23.8 Å². The quantitative estimate of drug-likeness (QED) is 0.144. The van der Waals surface area contributed by atoms with Crippen LogP contribution in [-0.2, 0) is 39.7 Å². The first-order chi connectivity index (χ1) is 25.2. The van der Waals surface area contributed by atoms with Gasteiger partial charge in [-0.05, 0) is 68.6 Å². The molecule has 0 unspecified atom stereocenters. The molecule has 2 saturated heterocycles. The van der Waals surface area contributed by atoms with Crippen molar-refractivity contribution in [3.63, 3.8) is 0 Å². The average Bonchev–Trinajstić information content (AvgIpc) is 3.53. The summed E-state index contributed by atoms with van der Waals surface area (Å²) in [5.74, 6) is 0.291. The van der Waals surface area contributed by atoms with E-state index < -0.39 is 48.4 Å². The maximum atomic E-state index is 13.6. The number of hydrogen-bond acceptors (Lipinski definition) is 11. The van der Waals surface area contributed by atoms with Crippen LogP contribution in [-0.4, -0.2) is 120 Å². The fraction of sp³-hybridized carbons (Fsp3) is 0.737. The summed E-state index contributed by atoms with van der Waals surface area (Å²) in [5, 5.41) is 2.91. The second kappa shape index (κ2) is 21.2. The van der Waals surface area contributed by atoms with Crippen LogP contribution in [0.3, 0.4) is 0 Å². The highest BCUT2D eigenvalue weighted by Gasteiger charge is 2.43. The van der Waals surface area contributed by atoms with Crippen LogP contribution in [0.15, 0.2) is 18.2 Å². The summed E-state index contributed by atoms with van der Waals surface area (Å²) in [4.78, 5) is 54.6. The smallest absolute Gasteiger partial charge is 0.414 e. The van der Waals surface area contributed by atoms with E-state index in [2.05, 4.69) is 19.2 Å². The molecule has 0 aromatic heterocycles. The predicted molar refractivity (Wildman–Crippen MR) is 196 cm³/mol. The number of carbonyl (C=O) groups excluding carboxylic acids is 4. The number of amides is 4. The molecule has 0 saturated carbocycles. The number of morpholine rings is 1. The minimum Gasteiger partial charge on any atom is -0.493 e. The minimum absolute atomic E-state index is 0.0560. The molecule has 2 aliphatic heterocycles. The SMILES string of the molecule is COCCCOc1cc(C[C@@H](C[C@H]2[C@H](C[C@H](C(=O)NCC(C)(C)C(N)=O)C(C)C)OCN2C(=O)OCOC(=O)N2CCOCC2)C(C)C)ccc1OC. The summed E-state index contributed by atoms with van der Waals surface area (Å²) in [7, 11) is 3.26. The van der Waals surface area contributed by atoms with Crippen molar-refractivity contribution in [3.8, 4) is 11.5 Å². The monoisotopic (exact) mass is 750 g/mol. The molecular weight excluding hydrogens is 688 g/mol. The van der Waals surface area contributed by atoms with Gasteiger partial charge in [0, 0.05) is 45.7 Å². The van der Waals surface area contributed by atoms with Crippen molar-refractivity contribution in [1.82, 2.24) is 15.1 Å². The summed E-state index contributed by atoms with van der Waals surface area (Å²) in [6, 6.07) is 5.45. The molecule has 300 valence electrons. The van der Waals surface area contributed by atoms with Crippen LogP contribution >= 0.6 is 0 Å². The Kier molecular flexibility index (Phi) is 17.4. The minimum atomic E-state index is -0.920. The Morgan fingerprint density at radius 2 is 1.66 bits per heavy atom. The van der Waals surface area contributed by atoms with Crippen molar-refractivity contribution in [2.45, 2.75) is 79.4 Å². The number of ether oxygens (including phenoxy) is 7. The highest BCUT2D eigenvalue weighted by atomic mass is 16.7. The number of nitrogens with zero attached hydrogens (tertiary/aromatic N) is 2. The van der Waals surface area contributed by atoms with E-state index in [-0.39, 0.29) is 36.9 Å². The van der Waals surface area contributed by atoms with Gasteiger partial charge in [0.25, 0.3) is 0 Å². The highest BCUT2D eigenvalue weighted by Crippen LogP contribution is 2.36. The summed E-state index contributed by atoms with van der Waals surface area (Å²) in [6.45, 7) is 13.7. The van der Waals surface area contributed by atoms with Crippen LogP contribution in [0, 0.1) is 29.1 Å². The maximum Gasteiger partial charge on any atom is 0.414 e. The first-order valence-corrected chi connectivity index (χ1v) is 18.6. The lowest BCUT2D eigenvalue weighted by Gasteiger charge is -2.33. The molecule has 1 aromatic carbocycles. The molecule has 4 atom stereocenters. The van der Waals surface area contributed by atoms with Crippen LogP contribution in [0.5, 0.6) is 11.5 Å². The van der Waals surface area contributed by atoms with E-state index in [0.29, 0.717) is 70.3 Å².